The quantitative estimate of drug-likeness (QED) is 0.505. The fourth-order valence-electron chi connectivity index (χ4n) is 3.25. The summed E-state index contributed by atoms with van der Waals surface area (Å²) in [6, 6.07) is 7.84. The van der Waals surface area contributed by atoms with Crippen LogP contribution in [-0.2, 0) is 14.4 Å². The van der Waals surface area contributed by atoms with Gasteiger partial charge in [0.05, 0.1) is 8.07 Å². The first-order valence-electron chi connectivity index (χ1n) is 7.77. The predicted octanol–water partition coefficient (Wildman–Crippen LogP) is 1.81. The molecule has 1 aliphatic rings. The van der Waals surface area contributed by atoms with Crippen molar-refractivity contribution in [2.75, 3.05) is 11.4 Å². The molecule has 0 radical (unpaired) electrons. The molecule has 0 aromatic heterocycles. The number of anilines is 1. The number of Topliss-reactive ketones (excluding diaryl/α,β-unsaturated/α-hetero) is 2. The Morgan fingerprint density at radius 2 is 1.70 bits per heavy atom. The second-order valence-electron chi connectivity index (χ2n) is 7.10. The molecule has 1 aromatic rings. The zero-order valence-corrected chi connectivity index (χ0v) is 15.0. The molecule has 124 valence electrons. The number of carbonyl (C=O) groups is 3. The maximum absolute atomic E-state index is 12.3. The standard InChI is InChI=1S/C17H23NO4Si/c1-12(19)17(15(20)16(21)22)10-5-11-18(17)13-6-8-14(9-7-13)23(2,3)4/h6-9H,5,10-11H2,1-4H3,(H,21,22). The van der Waals surface area contributed by atoms with Crippen molar-refractivity contribution in [3.63, 3.8) is 0 Å². The molecule has 0 aliphatic carbocycles. The summed E-state index contributed by atoms with van der Waals surface area (Å²) in [7, 11) is -1.44. The molecule has 0 saturated carbocycles. The lowest BCUT2D eigenvalue weighted by molar-refractivity contribution is -0.153. The third-order valence-corrected chi connectivity index (χ3v) is 6.64. The van der Waals surface area contributed by atoms with E-state index in [9.17, 15) is 14.4 Å². The van der Waals surface area contributed by atoms with Crippen LogP contribution in [0.5, 0.6) is 0 Å². The summed E-state index contributed by atoms with van der Waals surface area (Å²) in [5, 5.41) is 10.4. The minimum atomic E-state index is -1.56. The van der Waals surface area contributed by atoms with Crippen molar-refractivity contribution in [2.45, 2.75) is 44.9 Å². The molecule has 1 saturated heterocycles. The molecule has 1 N–H and O–H groups in total. The van der Waals surface area contributed by atoms with E-state index in [1.165, 1.54) is 12.1 Å². The Morgan fingerprint density at radius 3 is 2.13 bits per heavy atom. The van der Waals surface area contributed by atoms with Crippen molar-refractivity contribution in [1.82, 2.24) is 0 Å². The molecule has 1 atom stereocenters. The van der Waals surface area contributed by atoms with E-state index in [0.29, 0.717) is 13.0 Å². The molecule has 23 heavy (non-hydrogen) atoms. The first-order chi connectivity index (χ1) is 10.6. The second-order valence-corrected chi connectivity index (χ2v) is 12.2. The summed E-state index contributed by atoms with van der Waals surface area (Å²) in [6.45, 7) is 8.53. The molecular weight excluding hydrogens is 310 g/mol. The third-order valence-electron chi connectivity index (χ3n) is 4.58. The number of carboxylic acids is 1. The van der Waals surface area contributed by atoms with Crippen LogP contribution in [0.4, 0.5) is 5.69 Å². The van der Waals surface area contributed by atoms with Crippen LogP contribution in [0.2, 0.25) is 19.6 Å². The topological polar surface area (TPSA) is 74.7 Å². The Balaban J connectivity index is 2.46. The van der Waals surface area contributed by atoms with Crippen molar-refractivity contribution in [1.29, 1.82) is 0 Å². The lowest BCUT2D eigenvalue weighted by Crippen LogP contribution is -2.58. The van der Waals surface area contributed by atoms with E-state index in [1.807, 2.05) is 24.3 Å². The molecule has 5 nitrogen and oxygen atoms in total. The normalized spacial score (nSPS) is 21.3. The van der Waals surface area contributed by atoms with E-state index < -0.39 is 31.1 Å². The highest BCUT2D eigenvalue weighted by atomic mass is 28.3. The zero-order valence-electron chi connectivity index (χ0n) is 14.0. The number of hydrogen-bond acceptors (Lipinski definition) is 4. The summed E-state index contributed by atoms with van der Waals surface area (Å²) in [5.74, 6) is -2.99. The van der Waals surface area contributed by atoms with Crippen LogP contribution in [0.1, 0.15) is 19.8 Å². The molecule has 2 rings (SSSR count). The number of ketones is 2. The van der Waals surface area contributed by atoms with E-state index >= 15 is 0 Å². The number of rotatable bonds is 5. The fraction of sp³-hybridized carbons (Fsp3) is 0.471. The number of benzene rings is 1. The van der Waals surface area contributed by atoms with Crippen LogP contribution in [0.3, 0.4) is 0 Å². The average Bonchev–Trinajstić information content (AvgIpc) is 2.91. The summed E-state index contributed by atoms with van der Waals surface area (Å²) in [4.78, 5) is 37.4. The van der Waals surface area contributed by atoms with Crippen LogP contribution >= 0.6 is 0 Å². The van der Waals surface area contributed by atoms with Crippen molar-refractivity contribution in [3.8, 4) is 0 Å². The van der Waals surface area contributed by atoms with Gasteiger partial charge in [0.1, 0.15) is 0 Å². The lowest BCUT2D eigenvalue weighted by atomic mass is 9.86. The predicted molar refractivity (Wildman–Crippen MR) is 92.1 cm³/mol. The van der Waals surface area contributed by atoms with Gasteiger partial charge in [0.2, 0.25) is 0 Å². The summed E-state index contributed by atoms with van der Waals surface area (Å²) < 4.78 is 0. The van der Waals surface area contributed by atoms with Crippen LogP contribution < -0.4 is 10.1 Å². The SMILES string of the molecule is CC(=O)C1(C(=O)C(=O)O)CCCN1c1ccc([Si](C)(C)C)cc1. The summed E-state index contributed by atoms with van der Waals surface area (Å²) in [6.07, 6.45) is 0.873. The minimum absolute atomic E-state index is 0.253. The van der Waals surface area contributed by atoms with Gasteiger partial charge in [0, 0.05) is 12.2 Å². The molecule has 1 aliphatic heterocycles. The van der Waals surface area contributed by atoms with Crippen LogP contribution in [0.15, 0.2) is 24.3 Å². The van der Waals surface area contributed by atoms with Gasteiger partial charge < -0.3 is 10.0 Å². The van der Waals surface area contributed by atoms with Gasteiger partial charge in [-0.05, 0) is 31.9 Å². The van der Waals surface area contributed by atoms with Crippen molar-refractivity contribution in [2.24, 2.45) is 0 Å². The molecular formula is C17H23NO4Si. The maximum Gasteiger partial charge on any atom is 0.375 e. The number of hydrogen-bond donors (Lipinski definition) is 1. The fourth-order valence-corrected chi connectivity index (χ4v) is 4.42. The van der Waals surface area contributed by atoms with E-state index in [4.69, 9.17) is 5.11 Å². The second kappa shape index (κ2) is 5.92. The Morgan fingerprint density at radius 1 is 1.13 bits per heavy atom. The number of nitrogens with zero attached hydrogens (tertiary/aromatic N) is 1. The van der Waals surface area contributed by atoms with Gasteiger partial charge in [-0.15, -0.1) is 0 Å². The Bertz CT molecular complexity index is 648. The first kappa shape index (κ1) is 17.4. The lowest BCUT2D eigenvalue weighted by Gasteiger charge is -2.35. The molecule has 1 aromatic carbocycles. The average molecular weight is 333 g/mol. The van der Waals surface area contributed by atoms with Gasteiger partial charge in [-0.25, -0.2) is 4.79 Å². The van der Waals surface area contributed by atoms with Crippen molar-refractivity contribution >= 4 is 36.5 Å². The van der Waals surface area contributed by atoms with E-state index in [0.717, 1.165) is 5.69 Å². The van der Waals surface area contributed by atoms with Gasteiger partial charge in [-0.2, -0.15) is 0 Å². The van der Waals surface area contributed by atoms with Crippen LogP contribution in [0.25, 0.3) is 0 Å². The zero-order chi connectivity index (χ0) is 17.4. The number of carbonyl (C=O) groups excluding carboxylic acids is 2. The molecule has 6 heteroatoms. The highest BCUT2D eigenvalue weighted by molar-refractivity contribution is 6.88. The molecule has 1 unspecified atom stereocenters. The smallest absolute Gasteiger partial charge is 0.375 e. The maximum atomic E-state index is 12.3. The highest BCUT2D eigenvalue weighted by Crippen LogP contribution is 2.36. The van der Waals surface area contributed by atoms with E-state index in [2.05, 4.69) is 19.6 Å². The third kappa shape index (κ3) is 2.95. The molecule has 1 heterocycles. The monoisotopic (exact) mass is 333 g/mol. The Labute approximate surface area is 137 Å². The largest absolute Gasteiger partial charge is 0.475 e. The first-order valence-corrected chi connectivity index (χ1v) is 11.3. The van der Waals surface area contributed by atoms with Crippen molar-refractivity contribution in [3.05, 3.63) is 24.3 Å². The highest BCUT2D eigenvalue weighted by Gasteiger charge is 2.54. The van der Waals surface area contributed by atoms with Gasteiger partial charge in [-0.3, -0.25) is 9.59 Å². The van der Waals surface area contributed by atoms with Gasteiger partial charge in [-0.1, -0.05) is 37.0 Å². The Kier molecular flexibility index (Phi) is 4.48. The molecule has 1 fully saturated rings. The number of carboxylic acid groups (broad SMARTS) is 1. The summed E-state index contributed by atoms with van der Waals surface area (Å²) in [5.41, 5.74) is -0.832. The van der Waals surface area contributed by atoms with Gasteiger partial charge in [0.25, 0.3) is 5.78 Å². The van der Waals surface area contributed by atoms with E-state index in [-0.39, 0.29) is 6.42 Å². The van der Waals surface area contributed by atoms with E-state index in [1.54, 1.807) is 4.90 Å². The Hall–Kier alpha value is -1.95. The van der Waals surface area contributed by atoms with Crippen LogP contribution in [0, 0.1) is 0 Å². The van der Waals surface area contributed by atoms with Crippen molar-refractivity contribution < 1.29 is 19.5 Å². The van der Waals surface area contributed by atoms with Gasteiger partial charge >= 0.3 is 5.97 Å². The minimum Gasteiger partial charge on any atom is -0.475 e. The van der Waals surface area contributed by atoms with Gasteiger partial charge in [0.15, 0.2) is 11.3 Å². The van der Waals surface area contributed by atoms with Crippen LogP contribution in [-0.4, -0.2) is 42.8 Å². The summed E-state index contributed by atoms with van der Waals surface area (Å²) >= 11 is 0. The molecule has 0 spiro atoms. The molecule has 0 amide bonds. The molecule has 0 bridgehead atoms. The number of aliphatic carboxylic acids is 1.